The molecule has 3 N–H and O–H groups in total. The Bertz CT molecular complexity index is 1570. The van der Waals surface area contributed by atoms with Gasteiger partial charge in [-0.3, -0.25) is 4.79 Å². The third-order valence-electron chi connectivity index (χ3n) is 14.9. The average molecular weight is 1090 g/mol. The molecule has 452 valence electrons. The molecule has 0 spiro atoms. The maximum Gasteiger partial charge on any atom is 0.220 e. The van der Waals surface area contributed by atoms with E-state index in [-0.39, 0.29) is 12.5 Å². The largest absolute Gasteiger partial charge is 0.394 e. The number of allylic oxidation sites excluding steroid dienone is 21. The minimum atomic E-state index is -0.854. The van der Waals surface area contributed by atoms with Gasteiger partial charge in [-0.1, -0.05) is 347 Å². The Morgan fingerprint density at radius 1 is 0.316 bits per heavy atom. The molecule has 2 atom stereocenters. The first-order chi connectivity index (χ1) is 39.2. The van der Waals surface area contributed by atoms with Crippen LogP contribution in [-0.4, -0.2) is 34.9 Å². The first-order valence-electron chi connectivity index (χ1n) is 33.9. The SMILES string of the molecule is CC/C=C\C/C=C\C/C=C\C/C=C\C/C=C\C/C=C\C/C=C\C/C=C\C/C=C\C/C=C\CCCCCCCCCCC(=O)NC(CO)C(O)/C=C/CCCCCCCCCCCCCCCCCCCCCCCCCCCC. The molecule has 4 heteroatoms. The van der Waals surface area contributed by atoms with E-state index in [0.717, 1.165) is 103 Å². The summed E-state index contributed by atoms with van der Waals surface area (Å²) in [7, 11) is 0. The fraction of sp³-hybridized carbons (Fsp3) is 0.693. The van der Waals surface area contributed by atoms with Crippen molar-refractivity contribution in [2.24, 2.45) is 0 Å². The van der Waals surface area contributed by atoms with E-state index in [1.807, 2.05) is 6.08 Å². The Hall–Kier alpha value is -3.47. The second-order valence-corrected chi connectivity index (χ2v) is 22.5. The Morgan fingerprint density at radius 3 is 0.835 bits per heavy atom. The van der Waals surface area contributed by atoms with Crippen LogP contribution in [0.3, 0.4) is 0 Å². The summed E-state index contributed by atoms with van der Waals surface area (Å²) in [4.78, 5) is 12.5. The van der Waals surface area contributed by atoms with E-state index < -0.39 is 12.1 Å². The standard InChI is InChI=1S/C75H129NO3/c1-3-5-7-9-11-13-15-17-19-21-23-25-27-29-31-33-34-35-36-37-38-39-40-41-42-43-45-47-49-51-53-55-57-59-61-63-65-67-69-71-75(79)76-73(72-77)74(78)70-68-66-64-62-60-58-56-54-52-50-48-46-44-32-30-28-26-24-22-20-18-16-14-12-10-8-6-4-2/h5,7,11,13,17,19,23,25,29,31,34-35,37-38,40-41,43,45,49,51,68,70,73-74,77-78H,3-4,6,8-10,12,14-16,18,20-22,24,26-28,30,32-33,36,39,42,44,46-48,50,52-67,69,71-72H2,1-2H3,(H,76,79)/b7-5-,13-11-,19-17-,25-23-,31-29-,35-34-,38-37-,41-40-,45-43-,51-49-,70-68+. The lowest BCUT2D eigenvalue weighted by Crippen LogP contribution is -2.45. The molecule has 0 radical (unpaired) electrons. The van der Waals surface area contributed by atoms with Gasteiger partial charge in [0.1, 0.15) is 0 Å². The number of aliphatic hydroxyl groups excluding tert-OH is 2. The lowest BCUT2D eigenvalue weighted by molar-refractivity contribution is -0.123. The highest BCUT2D eigenvalue weighted by Crippen LogP contribution is 2.17. The third-order valence-corrected chi connectivity index (χ3v) is 14.9. The van der Waals surface area contributed by atoms with Gasteiger partial charge < -0.3 is 15.5 Å². The summed E-state index contributed by atoms with van der Waals surface area (Å²) in [6.45, 7) is 4.21. The topological polar surface area (TPSA) is 69.6 Å². The Labute approximate surface area is 491 Å². The van der Waals surface area contributed by atoms with E-state index in [1.165, 1.54) is 193 Å². The van der Waals surface area contributed by atoms with Crippen molar-refractivity contribution < 1.29 is 15.0 Å². The minimum Gasteiger partial charge on any atom is -0.394 e. The maximum absolute atomic E-state index is 12.5. The fourth-order valence-electron chi connectivity index (χ4n) is 9.80. The van der Waals surface area contributed by atoms with Crippen molar-refractivity contribution in [3.8, 4) is 0 Å². The summed E-state index contributed by atoms with van der Waals surface area (Å²) in [5, 5.41) is 23.3. The third kappa shape index (κ3) is 65.2. The zero-order valence-corrected chi connectivity index (χ0v) is 52.1. The zero-order valence-electron chi connectivity index (χ0n) is 52.1. The van der Waals surface area contributed by atoms with Crippen molar-refractivity contribution in [1.82, 2.24) is 5.32 Å². The number of aliphatic hydroxyl groups is 2. The predicted molar refractivity (Wildman–Crippen MR) is 354 cm³/mol. The van der Waals surface area contributed by atoms with E-state index in [1.54, 1.807) is 6.08 Å². The number of amides is 1. The van der Waals surface area contributed by atoms with Gasteiger partial charge in [0.2, 0.25) is 5.91 Å². The monoisotopic (exact) mass is 1090 g/mol. The Morgan fingerprint density at radius 2 is 0.557 bits per heavy atom. The summed E-state index contributed by atoms with van der Waals surface area (Å²) in [6, 6.07) is -0.638. The highest BCUT2D eigenvalue weighted by atomic mass is 16.3. The van der Waals surface area contributed by atoms with Crippen molar-refractivity contribution in [2.45, 2.75) is 328 Å². The van der Waals surface area contributed by atoms with Crippen LogP contribution in [-0.2, 0) is 4.79 Å². The van der Waals surface area contributed by atoms with Gasteiger partial charge >= 0.3 is 0 Å². The number of carbonyl (C=O) groups is 1. The van der Waals surface area contributed by atoms with Crippen LogP contribution in [0, 0.1) is 0 Å². The molecule has 79 heavy (non-hydrogen) atoms. The maximum atomic E-state index is 12.5. The molecule has 0 heterocycles. The van der Waals surface area contributed by atoms with E-state index in [9.17, 15) is 15.0 Å². The first kappa shape index (κ1) is 75.5. The predicted octanol–water partition coefficient (Wildman–Crippen LogP) is 23.3. The molecule has 0 aliphatic rings. The Kier molecular flexibility index (Phi) is 65.8. The van der Waals surface area contributed by atoms with Crippen LogP contribution in [0.4, 0.5) is 0 Å². The highest BCUT2D eigenvalue weighted by Gasteiger charge is 2.18. The molecule has 2 unspecified atom stereocenters. The molecule has 4 nitrogen and oxygen atoms in total. The van der Waals surface area contributed by atoms with Gasteiger partial charge in [0.25, 0.3) is 0 Å². The van der Waals surface area contributed by atoms with Crippen molar-refractivity contribution in [2.75, 3.05) is 6.61 Å². The second kappa shape index (κ2) is 68.8. The zero-order chi connectivity index (χ0) is 56.9. The van der Waals surface area contributed by atoms with Crippen molar-refractivity contribution >= 4 is 5.91 Å². The van der Waals surface area contributed by atoms with Gasteiger partial charge in [0.15, 0.2) is 0 Å². The molecule has 0 aliphatic carbocycles. The molecular weight excluding hydrogens is 963 g/mol. The quantitative estimate of drug-likeness (QED) is 0.0420. The number of rotatable bonds is 61. The molecule has 0 aromatic rings. The minimum absolute atomic E-state index is 0.0744. The summed E-state index contributed by atoms with van der Waals surface area (Å²) in [5.74, 6) is -0.0744. The summed E-state index contributed by atoms with van der Waals surface area (Å²) in [6.07, 6.45) is 107. The second-order valence-electron chi connectivity index (χ2n) is 22.5. The van der Waals surface area contributed by atoms with Crippen LogP contribution in [0.5, 0.6) is 0 Å². The first-order valence-corrected chi connectivity index (χ1v) is 33.9. The molecule has 0 aromatic heterocycles. The van der Waals surface area contributed by atoms with E-state index in [0.29, 0.717) is 6.42 Å². The molecule has 0 aromatic carbocycles. The van der Waals surface area contributed by atoms with Crippen LogP contribution >= 0.6 is 0 Å². The molecule has 0 rings (SSSR count). The van der Waals surface area contributed by atoms with Crippen LogP contribution in [0.15, 0.2) is 134 Å². The summed E-state index contributed by atoms with van der Waals surface area (Å²) in [5.41, 5.74) is 0. The van der Waals surface area contributed by atoms with E-state index >= 15 is 0 Å². The van der Waals surface area contributed by atoms with Crippen LogP contribution in [0.2, 0.25) is 0 Å². The van der Waals surface area contributed by atoms with Gasteiger partial charge in [0, 0.05) is 6.42 Å². The van der Waals surface area contributed by atoms with Gasteiger partial charge in [-0.05, 0) is 96.3 Å². The molecular formula is C75H129NO3. The smallest absolute Gasteiger partial charge is 0.220 e. The molecule has 0 saturated carbocycles. The number of hydrogen-bond acceptors (Lipinski definition) is 3. The van der Waals surface area contributed by atoms with E-state index in [4.69, 9.17) is 0 Å². The van der Waals surface area contributed by atoms with Gasteiger partial charge in [-0.15, -0.1) is 0 Å². The lowest BCUT2D eigenvalue weighted by Gasteiger charge is -2.20. The van der Waals surface area contributed by atoms with Crippen molar-refractivity contribution in [3.05, 3.63) is 134 Å². The molecule has 0 bridgehead atoms. The average Bonchev–Trinajstić information content (AvgIpc) is 3.45. The summed E-state index contributed by atoms with van der Waals surface area (Å²) >= 11 is 0. The number of unbranched alkanes of at least 4 members (excludes halogenated alkanes) is 34. The number of nitrogens with one attached hydrogen (secondary N) is 1. The van der Waals surface area contributed by atoms with Crippen LogP contribution < -0.4 is 5.32 Å². The highest BCUT2D eigenvalue weighted by molar-refractivity contribution is 5.76. The number of carbonyl (C=O) groups excluding carboxylic acids is 1. The summed E-state index contributed by atoms with van der Waals surface area (Å²) < 4.78 is 0. The Balaban J connectivity index is 3.58. The van der Waals surface area contributed by atoms with Gasteiger partial charge in [-0.2, -0.15) is 0 Å². The van der Waals surface area contributed by atoms with Crippen LogP contribution in [0.25, 0.3) is 0 Å². The molecule has 0 saturated heterocycles. The lowest BCUT2D eigenvalue weighted by atomic mass is 10.0. The van der Waals surface area contributed by atoms with Gasteiger partial charge in [-0.25, -0.2) is 0 Å². The van der Waals surface area contributed by atoms with E-state index in [2.05, 4.69) is 141 Å². The fourth-order valence-corrected chi connectivity index (χ4v) is 9.80. The molecule has 0 aliphatic heterocycles. The number of hydrogen-bond donors (Lipinski definition) is 3. The van der Waals surface area contributed by atoms with Gasteiger partial charge in [0.05, 0.1) is 18.8 Å². The molecule has 0 fully saturated rings. The normalized spacial score (nSPS) is 13.6. The van der Waals surface area contributed by atoms with Crippen molar-refractivity contribution in [1.29, 1.82) is 0 Å². The molecule has 1 amide bonds. The van der Waals surface area contributed by atoms with Crippen molar-refractivity contribution in [3.63, 3.8) is 0 Å². The van der Waals surface area contributed by atoms with Crippen LogP contribution in [0.1, 0.15) is 316 Å².